The third-order valence-electron chi connectivity index (χ3n) is 5.26. The number of carbonyl (C=O) groups is 2. The van der Waals surface area contributed by atoms with E-state index < -0.39 is 29.4 Å². The van der Waals surface area contributed by atoms with Crippen molar-refractivity contribution in [2.75, 3.05) is 0 Å². The van der Waals surface area contributed by atoms with E-state index in [2.05, 4.69) is 0 Å². The second-order valence-electron chi connectivity index (χ2n) is 6.97. The van der Waals surface area contributed by atoms with E-state index in [9.17, 15) is 19.1 Å². The topological polar surface area (TPSA) is 69.7 Å². The van der Waals surface area contributed by atoms with Crippen LogP contribution in [0.25, 0.3) is 0 Å². The molecule has 5 nitrogen and oxygen atoms in total. The number of carboxylic acid groups (broad SMARTS) is 1. The molecule has 4 rings (SSSR count). The van der Waals surface area contributed by atoms with Crippen LogP contribution in [0.3, 0.4) is 0 Å². The van der Waals surface area contributed by atoms with Gasteiger partial charge >= 0.3 is 0 Å². The molecule has 2 aliphatic rings. The first-order valence-electron chi connectivity index (χ1n) is 8.44. The minimum atomic E-state index is -1.39. The molecule has 2 aromatic rings. The number of aliphatic carboxylic acids is 1. The standard InChI is InChI=1S/C20H18FNO4/c1-20-10-15(14-4-2-3-5-16(14)26-20)17(19(24)25)18(23)22(20)11-12-6-8-13(21)9-7-12/h2-9,15,17H,10-11H2,1H3,(H,24,25)/p-1/t15-,17-,20-/m0/s1. The summed E-state index contributed by atoms with van der Waals surface area (Å²) in [7, 11) is 0. The third kappa shape index (κ3) is 2.53. The fraction of sp³-hybridized carbons (Fsp3) is 0.300. The van der Waals surface area contributed by atoms with E-state index in [0.29, 0.717) is 23.3 Å². The molecule has 1 saturated heterocycles. The molecule has 0 unspecified atom stereocenters. The van der Waals surface area contributed by atoms with Crippen molar-refractivity contribution in [3.05, 3.63) is 65.5 Å². The third-order valence-corrected chi connectivity index (χ3v) is 5.26. The largest absolute Gasteiger partial charge is 0.549 e. The Hall–Kier alpha value is -2.89. The molecule has 134 valence electrons. The quantitative estimate of drug-likeness (QED) is 0.789. The van der Waals surface area contributed by atoms with Gasteiger partial charge in [0.05, 0.1) is 11.9 Å². The van der Waals surface area contributed by atoms with Crippen LogP contribution in [0.15, 0.2) is 48.5 Å². The van der Waals surface area contributed by atoms with Gasteiger partial charge in [-0.15, -0.1) is 0 Å². The summed E-state index contributed by atoms with van der Waals surface area (Å²) < 4.78 is 19.3. The molecule has 0 spiro atoms. The lowest BCUT2D eigenvalue weighted by Gasteiger charge is -2.53. The number of ether oxygens (including phenoxy) is 1. The van der Waals surface area contributed by atoms with Crippen molar-refractivity contribution in [2.24, 2.45) is 5.92 Å². The minimum absolute atomic E-state index is 0.133. The summed E-state index contributed by atoms with van der Waals surface area (Å²) in [5.41, 5.74) is 0.434. The summed E-state index contributed by atoms with van der Waals surface area (Å²) in [6.45, 7) is 1.91. The predicted octanol–water partition coefficient (Wildman–Crippen LogP) is 1.82. The van der Waals surface area contributed by atoms with Crippen LogP contribution in [0.4, 0.5) is 4.39 Å². The minimum Gasteiger partial charge on any atom is -0.549 e. The molecular weight excluding hydrogens is 337 g/mol. The highest BCUT2D eigenvalue weighted by molar-refractivity contribution is 5.98. The molecule has 0 radical (unpaired) electrons. The van der Waals surface area contributed by atoms with Crippen LogP contribution in [0.1, 0.15) is 30.4 Å². The summed E-state index contributed by atoms with van der Waals surface area (Å²) >= 11 is 0. The van der Waals surface area contributed by atoms with Gasteiger partial charge in [0.2, 0.25) is 5.91 Å². The first kappa shape index (κ1) is 16.6. The second-order valence-corrected chi connectivity index (χ2v) is 6.97. The zero-order chi connectivity index (χ0) is 18.5. The SMILES string of the molecule is C[C@@]12C[C@@H](c3ccccc3O1)[C@H](C(=O)[O-])C(=O)N2Cc1ccc(F)cc1. The molecule has 2 aliphatic heterocycles. The van der Waals surface area contributed by atoms with Crippen molar-refractivity contribution in [1.29, 1.82) is 0 Å². The number of hydrogen-bond donors (Lipinski definition) is 0. The van der Waals surface area contributed by atoms with E-state index in [4.69, 9.17) is 4.74 Å². The molecule has 0 aliphatic carbocycles. The summed E-state index contributed by atoms with van der Waals surface area (Å²) in [6, 6.07) is 12.9. The van der Waals surface area contributed by atoms with E-state index in [1.807, 2.05) is 6.07 Å². The van der Waals surface area contributed by atoms with Crippen LogP contribution in [0, 0.1) is 11.7 Å². The number of carbonyl (C=O) groups excluding carboxylic acids is 2. The highest BCUT2D eigenvalue weighted by Gasteiger charge is 2.54. The molecule has 0 aromatic heterocycles. The second kappa shape index (κ2) is 5.83. The molecule has 0 N–H and O–H groups in total. The van der Waals surface area contributed by atoms with Gasteiger partial charge < -0.3 is 14.6 Å². The van der Waals surface area contributed by atoms with Gasteiger partial charge in [0, 0.05) is 18.9 Å². The van der Waals surface area contributed by atoms with Crippen LogP contribution < -0.4 is 9.84 Å². The van der Waals surface area contributed by atoms with Gasteiger partial charge in [-0.3, -0.25) is 9.69 Å². The lowest BCUT2D eigenvalue weighted by molar-refractivity contribution is -0.313. The molecule has 2 aromatic carbocycles. The van der Waals surface area contributed by atoms with Gasteiger partial charge in [-0.1, -0.05) is 30.3 Å². The number of benzene rings is 2. The van der Waals surface area contributed by atoms with Crippen molar-refractivity contribution < 1.29 is 23.8 Å². The predicted molar refractivity (Wildman–Crippen MR) is 88.3 cm³/mol. The Bertz CT molecular complexity index is 882. The van der Waals surface area contributed by atoms with Gasteiger partial charge in [-0.25, -0.2) is 4.39 Å². The normalized spacial score (nSPS) is 26.8. The molecule has 0 saturated carbocycles. The number of piperidine rings is 1. The van der Waals surface area contributed by atoms with Gasteiger partial charge in [0.1, 0.15) is 11.6 Å². The van der Waals surface area contributed by atoms with Crippen LogP contribution in [0.5, 0.6) is 5.75 Å². The lowest BCUT2D eigenvalue weighted by atomic mass is 9.73. The average Bonchev–Trinajstić information content (AvgIpc) is 2.59. The van der Waals surface area contributed by atoms with Gasteiger partial charge in [-0.2, -0.15) is 0 Å². The van der Waals surface area contributed by atoms with E-state index in [1.165, 1.54) is 17.0 Å². The van der Waals surface area contributed by atoms with E-state index in [0.717, 1.165) is 0 Å². The zero-order valence-corrected chi connectivity index (χ0v) is 14.1. The number of carboxylic acids is 1. The lowest BCUT2D eigenvalue weighted by Crippen LogP contribution is -2.64. The average molecular weight is 354 g/mol. The van der Waals surface area contributed by atoms with E-state index in [1.54, 1.807) is 37.3 Å². The first-order valence-corrected chi connectivity index (χ1v) is 8.44. The molecular formula is C20H17FNO4-. The highest BCUT2D eigenvalue weighted by atomic mass is 19.1. The molecule has 1 fully saturated rings. The van der Waals surface area contributed by atoms with E-state index in [-0.39, 0.29) is 12.4 Å². The van der Waals surface area contributed by atoms with Gasteiger partial charge in [0.15, 0.2) is 5.72 Å². The number of para-hydroxylation sites is 1. The van der Waals surface area contributed by atoms with Crippen LogP contribution in [-0.4, -0.2) is 22.5 Å². The molecule has 2 heterocycles. The van der Waals surface area contributed by atoms with Gasteiger partial charge in [0.25, 0.3) is 0 Å². The summed E-state index contributed by atoms with van der Waals surface area (Å²) in [4.78, 5) is 26.2. The molecule has 2 bridgehead atoms. The number of rotatable bonds is 3. The fourth-order valence-electron chi connectivity index (χ4n) is 3.99. The Kier molecular flexibility index (Phi) is 3.72. The Morgan fingerprint density at radius 2 is 1.96 bits per heavy atom. The number of likely N-dealkylation sites (tertiary alicyclic amines) is 1. The number of hydrogen-bond acceptors (Lipinski definition) is 4. The molecule has 3 atom stereocenters. The van der Waals surface area contributed by atoms with Gasteiger partial charge in [-0.05, 0) is 36.2 Å². The van der Waals surface area contributed by atoms with Crippen LogP contribution in [-0.2, 0) is 16.1 Å². The van der Waals surface area contributed by atoms with Crippen molar-refractivity contribution in [3.63, 3.8) is 0 Å². The fourth-order valence-corrected chi connectivity index (χ4v) is 3.99. The monoisotopic (exact) mass is 354 g/mol. The number of fused-ring (bicyclic) bond motifs is 4. The van der Waals surface area contributed by atoms with Crippen molar-refractivity contribution >= 4 is 11.9 Å². The summed E-state index contributed by atoms with van der Waals surface area (Å²) in [6.07, 6.45) is 0.357. The maximum atomic E-state index is 13.2. The maximum absolute atomic E-state index is 13.2. The van der Waals surface area contributed by atoms with Crippen LogP contribution >= 0.6 is 0 Å². The Morgan fingerprint density at radius 3 is 2.65 bits per heavy atom. The molecule has 6 heteroatoms. The maximum Gasteiger partial charge on any atom is 0.235 e. The Morgan fingerprint density at radius 1 is 1.27 bits per heavy atom. The Balaban J connectivity index is 1.77. The smallest absolute Gasteiger partial charge is 0.235 e. The Labute approximate surface area is 150 Å². The first-order chi connectivity index (χ1) is 12.4. The van der Waals surface area contributed by atoms with Crippen LogP contribution in [0.2, 0.25) is 0 Å². The van der Waals surface area contributed by atoms with Crippen molar-refractivity contribution in [3.8, 4) is 5.75 Å². The summed E-state index contributed by atoms with van der Waals surface area (Å²) in [5, 5.41) is 11.8. The van der Waals surface area contributed by atoms with Crippen molar-refractivity contribution in [2.45, 2.75) is 31.5 Å². The molecule has 26 heavy (non-hydrogen) atoms. The number of nitrogens with zero attached hydrogens (tertiary/aromatic N) is 1. The number of halogens is 1. The summed E-state index contributed by atoms with van der Waals surface area (Å²) in [5.74, 6) is -3.49. The number of amides is 1. The van der Waals surface area contributed by atoms with E-state index >= 15 is 0 Å². The highest BCUT2D eigenvalue weighted by Crippen LogP contribution is 2.50. The molecule has 1 amide bonds. The van der Waals surface area contributed by atoms with Crippen molar-refractivity contribution in [1.82, 2.24) is 4.90 Å². The zero-order valence-electron chi connectivity index (χ0n) is 14.1.